The summed E-state index contributed by atoms with van der Waals surface area (Å²) in [5, 5.41) is 9.51. The number of hydrogen-bond donors (Lipinski definition) is 1. The van der Waals surface area contributed by atoms with Gasteiger partial charge < -0.3 is 5.11 Å². The van der Waals surface area contributed by atoms with E-state index >= 15 is 0 Å². The minimum atomic E-state index is -0.0556. The van der Waals surface area contributed by atoms with Crippen molar-refractivity contribution >= 4 is 0 Å². The van der Waals surface area contributed by atoms with Crippen LogP contribution < -0.4 is 0 Å². The van der Waals surface area contributed by atoms with Gasteiger partial charge in [0.25, 0.3) is 0 Å². The van der Waals surface area contributed by atoms with E-state index in [1.54, 1.807) is 0 Å². The Labute approximate surface area is 62.8 Å². The van der Waals surface area contributed by atoms with Gasteiger partial charge in [-0.05, 0) is 25.2 Å². The Balaban J connectivity index is 2.44. The molecular formula is C9H16O. The van der Waals surface area contributed by atoms with E-state index in [1.807, 2.05) is 0 Å². The Bertz CT molecular complexity index is 118. The summed E-state index contributed by atoms with van der Waals surface area (Å²) in [6.07, 6.45) is 8.50. The number of aliphatic hydroxyl groups is 1. The lowest BCUT2D eigenvalue weighted by Crippen LogP contribution is -2.17. The average molecular weight is 140 g/mol. The van der Waals surface area contributed by atoms with Crippen LogP contribution in [-0.4, -0.2) is 11.2 Å². The molecule has 1 heteroatoms. The van der Waals surface area contributed by atoms with Crippen molar-refractivity contribution < 1.29 is 5.11 Å². The first kappa shape index (κ1) is 7.80. The monoisotopic (exact) mass is 140 g/mol. The van der Waals surface area contributed by atoms with Crippen LogP contribution in [0.4, 0.5) is 0 Å². The van der Waals surface area contributed by atoms with Crippen LogP contribution in [0.5, 0.6) is 0 Å². The average Bonchev–Trinajstić information content (AvgIpc) is 2.13. The van der Waals surface area contributed by atoms with Crippen molar-refractivity contribution in [1.29, 1.82) is 0 Å². The number of allylic oxidation sites excluding steroid dienone is 2. The fourth-order valence-electron chi connectivity index (χ4n) is 1.49. The van der Waals surface area contributed by atoms with Crippen LogP contribution in [-0.2, 0) is 0 Å². The maximum atomic E-state index is 9.51. The second-order valence-corrected chi connectivity index (χ2v) is 3.02. The topological polar surface area (TPSA) is 20.2 Å². The van der Waals surface area contributed by atoms with Gasteiger partial charge in [-0.15, -0.1) is 0 Å². The summed E-state index contributed by atoms with van der Waals surface area (Å²) in [6, 6.07) is 0. The van der Waals surface area contributed by atoms with Gasteiger partial charge in [-0.1, -0.05) is 25.5 Å². The van der Waals surface area contributed by atoms with E-state index in [0.29, 0.717) is 5.92 Å². The van der Waals surface area contributed by atoms with Gasteiger partial charge in [-0.25, -0.2) is 0 Å². The first-order chi connectivity index (χ1) is 4.84. The summed E-state index contributed by atoms with van der Waals surface area (Å²) < 4.78 is 0. The maximum absolute atomic E-state index is 9.51. The van der Waals surface area contributed by atoms with Crippen LogP contribution in [0.3, 0.4) is 0 Å². The van der Waals surface area contributed by atoms with E-state index < -0.39 is 0 Å². The zero-order chi connectivity index (χ0) is 7.40. The van der Waals surface area contributed by atoms with E-state index in [4.69, 9.17) is 0 Å². The second kappa shape index (κ2) is 3.77. The lowest BCUT2D eigenvalue weighted by molar-refractivity contribution is 0.101. The highest BCUT2D eigenvalue weighted by molar-refractivity contribution is 4.90. The molecule has 0 aromatic carbocycles. The maximum Gasteiger partial charge on any atom is 0.0574 e. The van der Waals surface area contributed by atoms with Crippen molar-refractivity contribution in [2.24, 2.45) is 5.92 Å². The lowest BCUT2D eigenvalue weighted by Gasteiger charge is -2.17. The van der Waals surface area contributed by atoms with Crippen LogP contribution in [0.25, 0.3) is 0 Å². The molecular weight excluding hydrogens is 124 g/mol. The zero-order valence-electron chi connectivity index (χ0n) is 6.59. The van der Waals surface area contributed by atoms with E-state index in [1.165, 1.54) is 0 Å². The molecule has 1 N–H and O–H groups in total. The fraction of sp³-hybridized carbons (Fsp3) is 0.778. The molecule has 0 saturated carbocycles. The van der Waals surface area contributed by atoms with E-state index in [-0.39, 0.29) is 6.10 Å². The van der Waals surface area contributed by atoms with Crippen molar-refractivity contribution in [3.05, 3.63) is 12.2 Å². The minimum absolute atomic E-state index is 0.0556. The molecule has 1 rings (SSSR count). The predicted octanol–water partition coefficient (Wildman–Crippen LogP) is 2.11. The molecule has 0 heterocycles. The van der Waals surface area contributed by atoms with Gasteiger partial charge in [0, 0.05) is 0 Å². The number of hydrogen-bond acceptors (Lipinski definition) is 1. The summed E-state index contributed by atoms with van der Waals surface area (Å²) in [5.41, 5.74) is 0. The molecule has 0 spiro atoms. The Kier molecular flexibility index (Phi) is 2.94. The van der Waals surface area contributed by atoms with Crippen LogP contribution in [0, 0.1) is 5.92 Å². The number of aliphatic hydroxyl groups excluding tert-OH is 1. The van der Waals surface area contributed by atoms with Crippen molar-refractivity contribution in [3.63, 3.8) is 0 Å². The third-order valence-corrected chi connectivity index (χ3v) is 2.30. The standard InChI is InChI=1S/C9H16O/c1-2-8-6-4-3-5-7-9(8)10/h3-4,8-10H,2,5-7H2,1H3. The summed E-state index contributed by atoms with van der Waals surface area (Å²) in [7, 11) is 0. The van der Waals surface area contributed by atoms with Gasteiger partial charge in [-0.3, -0.25) is 0 Å². The molecule has 0 aliphatic heterocycles. The van der Waals surface area contributed by atoms with E-state index in [9.17, 15) is 5.11 Å². The van der Waals surface area contributed by atoms with Crippen molar-refractivity contribution in [2.75, 3.05) is 0 Å². The van der Waals surface area contributed by atoms with Gasteiger partial charge >= 0.3 is 0 Å². The van der Waals surface area contributed by atoms with Crippen LogP contribution >= 0.6 is 0 Å². The SMILES string of the molecule is CCC1CC=CCCC1O. The molecule has 0 radical (unpaired) electrons. The second-order valence-electron chi connectivity index (χ2n) is 3.02. The van der Waals surface area contributed by atoms with Gasteiger partial charge in [0.15, 0.2) is 0 Å². The molecule has 0 amide bonds. The highest BCUT2D eigenvalue weighted by atomic mass is 16.3. The smallest absolute Gasteiger partial charge is 0.0574 e. The van der Waals surface area contributed by atoms with Crippen LogP contribution in [0.15, 0.2) is 12.2 Å². The molecule has 2 atom stereocenters. The molecule has 0 saturated heterocycles. The molecule has 1 aliphatic carbocycles. The fourth-order valence-corrected chi connectivity index (χ4v) is 1.49. The molecule has 0 fully saturated rings. The largest absolute Gasteiger partial charge is 0.393 e. The highest BCUT2D eigenvalue weighted by Gasteiger charge is 2.16. The zero-order valence-corrected chi connectivity index (χ0v) is 6.59. The third-order valence-electron chi connectivity index (χ3n) is 2.30. The molecule has 2 unspecified atom stereocenters. The lowest BCUT2D eigenvalue weighted by atomic mass is 9.95. The Morgan fingerprint density at radius 3 is 3.00 bits per heavy atom. The molecule has 0 aromatic heterocycles. The molecule has 58 valence electrons. The Hall–Kier alpha value is -0.300. The molecule has 1 aliphatic rings. The predicted molar refractivity (Wildman–Crippen MR) is 42.8 cm³/mol. The summed E-state index contributed by atoms with van der Waals surface area (Å²) in [6.45, 7) is 2.15. The molecule has 0 aromatic rings. The Morgan fingerprint density at radius 2 is 2.30 bits per heavy atom. The van der Waals surface area contributed by atoms with Gasteiger partial charge in [-0.2, -0.15) is 0 Å². The third kappa shape index (κ3) is 1.84. The summed E-state index contributed by atoms with van der Waals surface area (Å²) in [5.74, 6) is 0.513. The van der Waals surface area contributed by atoms with E-state index in [2.05, 4.69) is 19.1 Å². The Morgan fingerprint density at radius 1 is 1.50 bits per heavy atom. The highest BCUT2D eigenvalue weighted by Crippen LogP contribution is 2.21. The summed E-state index contributed by atoms with van der Waals surface area (Å²) >= 11 is 0. The first-order valence-electron chi connectivity index (χ1n) is 4.17. The molecule has 10 heavy (non-hydrogen) atoms. The normalized spacial score (nSPS) is 33.8. The summed E-state index contributed by atoms with van der Waals surface area (Å²) in [4.78, 5) is 0. The quantitative estimate of drug-likeness (QED) is 0.553. The van der Waals surface area contributed by atoms with Crippen molar-refractivity contribution in [2.45, 2.75) is 38.7 Å². The number of rotatable bonds is 1. The van der Waals surface area contributed by atoms with Crippen molar-refractivity contribution in [1.82, 2.24) is 0 Å². The van der Waals surface area contributed by atoms with Gasteiger partial charge in [0.2, 0.25) is 0 Å². The van der Waals surface area contributed by atoms with E-state index in [0.717, 1.165) is 25.7 Å². The van der Waals surface area contributed by atoms with Crippen molar-refractivity contribution in [3.8, 4) is 0 Å². The minimum Gasteiger partial charge on any atom is -0.393 e. The van der Waals surface area contributed by atoms with Gasteiger partial charge in [0.1, 0.15) is 0 Å². The first-order valence-corrected chi connectivity index (χ1v) is 4.17. The van der Waals surface area contributed by atoms with Gasteiger partial charge in [0.05, 0.1) is 6.10 Å². The van der Waals surface area contributed by atoms with Crippen LogP contribution in [0.2, 0.25) is 0 Å². The van der Waals surface area contributed by atoms with Crippen LogP contribution in [0.1, 0.15) is 32.6 Å². The molecule has 1 nitrogen and oxygen atoms in total. The molecule has 0 bridgehead atoms.